The number of hydrogen-bond acceptors (Lipinski definition) is 4. The monoisotopic (exact) mass is 428 g/mol. The summed E-state index contributed by atoms with van der Waals surface area (Å²) in [5.74, 6) is -0.0190. The lowest BCUT2D eigenvalue weighted by molar-refractivity contribution is -0.123. The molecule has 3 rings (SSSR count). The highest BCUT2D eigenvalue weighted by Crippen LogP contribution is 2.19. The van der Waals surface area contributed by atoms with Gasteiger partial charge in [-0.1, -0.05) is 48.0 Å². The van der Waals surface area contributed by atoms with Crippen molar-refractivity contribution in [1.82, 2.24) is 15.1 Å². The summed E-state index contributed by atoms with van der Waals surface area (Å²) in [5.41, 5.74) is 3.94. The molecule has 7 heteroatoms. The number of carbonyl (C=O) groups is 2. The summed E-state index contributed by atoms with van der Waals surface area (Å²) in [7, 11) is 0. The minimum Gasteiger partial charge on any atom is -0.351 e. The van der Waals surface area contributed by atoms with Gasteiger partial charge in [-0.3, -0.25) is 19.4 Å². The molecular formula is C23H29ClN4O2. The number of halogens is 1. The second kappa shape index (κ2) is 10.6. The molecule has 0 aliphatic carbocycles. The molecule has 1 fully saturated rings. The molecule has 0 saturated carbocycles. The average molecular weight is 429 g/mol. The molecule has 0 radical (unpaired) electrons. The van der Waals surface area contributed by atoms with Crippen molar-refractivity contribution in [2.75, 3.05) is 44.6 Å². The van der Waals surface area contributed by atoms with Crippen molar-refractivity contribution in [2.24, 2.45) is 0 Å². The topological polar surface area (TPSA) is 64.7 Å². The molecule has 2 aromatic rings. The van der Waals surface area contributed by atoms with Crippen LogP contribution in [0.25, 0.3) is 0 Å². The van der Waals surface area contributed by atoms with Crippen LogP contribution in [0.5, 0.6) is 0 Å². The number of anilines is 1. The van der Waals surface area contributed by atoms with E-state index in [0.29, 0.717) is 24.7 Å². The van der Waals surface area contributed by atoms with Crippen LogP contribution in [0.3, 0.4) is 0 Å². The number of para-hydroxylation sites is 1. The number of nitrogens with zero attached hydrogens (tertiary/aromatic N) is 2. The Hall–Kier alpha value is -2.41. The molecular weight excluding hydrogens is 400 g/mol. The van der Waals surface area contributed by atoms with Gasteiger partial charge in [-0.2, -0.15) is 0 Å². The summed E-state index contributed by atoms with van der Waals surface area (Å²) in [6, 6.07) is 13.5. The first kappa shape index (κ1) is 22.3. The van der Waals surface area contributed by atoms with E-state index >= 15 is 0 Å². The number of aryl methyl sites for hydroxylation is 2. The van der Waals surface area contributed by atoms with E-state index in [1.165, 1.54) is 0 Å². The highest BCUT2D eigenvalue weighted by atomic mass is 35.5. The van der Waals surface area contributed by atoms with Gasteiger partial charge in [-0.15, -0.1) is 0 Å². The first-order chi connectivity index (χ1) is 14.4. The molecule has 1 heterocycles. The van der Waals surface area contributed by atoms with E-state index in [-0.39, 0.29) is 11.8 Å². The summed E-state index contributed by atoms with van der Waals surface area (Å²) in [5, 5.41) is 6.62. The second-order valence-electron chi connectivity index (χ2n) is 7.74. The van der Waals surface area contributed by atoms with Crippen LogP contribution in [-0.4, -0.2) is 60.9 Å². The van der Waals surface area contributed by atoms with Gasteiger partial charge in [0, 0.05) is 43.4 Å². The third-order valence-corrected chi connectivity index (χ3v) is 5.75. The molecule has 2 amide bonds. The predicted molar refractivity (Wildman–Crippen MR) is 121 cm³/mol. The molecule has 6 nitrogen and oxygen atoms in total. The van der Waals surface area contributed by atoms with Crippen LogP contribution >= 0.6 is 11.6 Å². The third-order valence-electron chi connectivity index (χ3n) is 5.38. The van der Waals surface area contributed by atoms with Crippen LogP contribution < -0.4 is 10.6 Å². The molecule has 1 saturated heterocycles. The van der Waals surface area contributed by atoms with Crippen LogP contribution in [-0.2, 0) is 16.1 Å². The SMILES string of the molecule is Cc1cccc(C)c1NC(=O)CN1CCN(CC(=O)NCc2ccccc2Cl)CC1. The minimum atomic E-state index is -0.0175. The zero-order chi connectivity index (χ0) is 21.5. The fourth-order valence-corrected chi connectivity index (χ4v) is 3.80. The molecule has 0 aromatic heterocycles. The number of hydrogen-bond donors (Lipinski definition) is 2. The summed E-state index contributed by atoms with van der Waals surface area (Å²) in [4.78, 5) is 28.9. The van der Waals surface area contributed by atoms with E-state index in [1.54, 1.807) is 0 Å². The highest BCUT2D eigenvalue weighted by molar-refractivity contribution is 6.31. The van der Waals surface area contributed by atoms with Gasteiger partial charge < -0.3 is 10.6 Å². The van der Waals surface area contributed by atoms with Crippen molar-refractivity contribution in [3.8, 4) is 0 Å². The lowest BCUT2D eigenvalue weighted by Gasteiger charge is -2.33. The van der Waals surface area contributed by atoms with E-state index in [9.17, 15) is 9.59 Å². The van der Waals surface area contributed by atoms with Gasteiger partial charge >= 0.3 is 0 Å². The van der Waals surface area contributed by atoms with Crippen molar-refractivity contribution in [3.05, 3.63) is 64.2 Å². The van der Waals surface area contributed by atoms with Crippen molar-refractivity contribution in [2.45, 2.75) is 20.4 Å². The van der Waals surface area contributed by atoms with Crippen LogP contribution in [0.15, 0.2) is 42.5 Å². The van der Waals surface area contributed by atoms with Gasteiger partial charge in [-0.05, 0) is 36.6 Å². The molecule has 0 bridgehead atoms. The lowest BCUT2D eigenvalue weighted by atomic mass is 10.1. The van der Waals surface area contributed by atoms with Gasteiger partial charge in [0.25, 0.3) is 0 Å². The number of carbonyl (C=O) groups excluding carboxylic acids is 2. The van der Waals surface area contributed by atoms with Crippen LogP contribution in [0.4, 0.5) is 5.69 Å². The van der Waals surface area contributed by atoms with Crippen molar-refractivity contribution < 1.29 is 9.59 Å². The molecule has 0 unspecified atom stereocenters. The molecule has 0 atom stereocenters. The zero-order valence-electron chi connectivity index (χ0n) is 17.6. The standard InChI is InChI=1S/C23H29ClN4O2/c1-17-6-5-7-18(2)23(17)26-22(30)16-28-12-10-27(11-13-28)15-21(29)25-14-19-8-3-4-9-20(19)24/h3-9H,10-16H2,1-2H3,(H,25,29)(H,26,30). The van der Waals surface area contributed by atoms with Gasteiger partial charge in [0.1, 0.15) is 0 Å². The van der Waals surface area contributed by atoms with Crippen LogP contribution in [0.2, 0.25) is 5.02 Å². The number of rotatable bonds is 7. The molecule has 30 heavy (non-hydrogen) atoms. The smallest absolute Gasteiger partial charge is 0.238 e. The van der Waals surface area contributed by atoms with Crippen LogP contribution in [0.1, 0.15) is 16.7 Å². The molecule has 1 aliphatic heterocycles. The fourth-order valence-electron chi connectivity index (χ4n) is 3.59. The van der Waals surface area contributed by atoms with Crippen LogP contribution in [0, 0.1) is 13.8 Å². The fraction of sp³-hybridized carbons (Fsp3) is 0.391. The first-order valence-corrected chi connectivity index (χ1v) is 10.6. The third kappa shape index (κ3) is 6.29. The number of benzene rings is 2. The van der Waals surface area contributed by atoms with Crippen molar-refractivity contribution >= 4 is 29.1 Å². The Morgan fingerprint density at radius 1 is 0.867 bits per heavy atom. The van der Waals surface area contributed by atoms with E-state index in [4.69, 9.17) is 11.6 Å². The predicted octanol–water partition coefficient (Wildman–Crippen LogP) is 2.83. The molecule has 160 valence electrons. The zero-order valence-corrected chi connectivity index (χ0v) is 18.3. The lowest BCUT2D eigenvalue weighted by Crippen LogP contribution is -2.51. The van der Waals surface area contributed by atoms with E-state index in [0.717, 1.165) is 48.6 Å². The normalized spacial score (nSPS) is 15.0. The second-order valence-corrected chi connectivity index (χ2v) is 8.14. The Labute approximate surface area is 183 Å². The quantitative estimate of drug-likeness (QED) is 0.711. The number of piperazine rings is 1. The van der Waals surface area contributed by atoms with Gasteiger partial charge in [-0.25, -0.2) is 0 Å². The molecule has 0 spiro atoms. The minimum absolute atomic E-state index is 0.00154. The Morgan fingerprint density at radius 3 is 2.03 bits per heavy atom. The Bertz CT molecular complexity index is 874. The maximum atomic E-state index is 12.5. The number of nitrogens with one attached hydrogen (secondary N) is 2. The van der Waals surface area contributed by atoms with Gasteiger partial charge in [0.15, 0.2) is 0 Å². The largest absolute Gasteiger partial charge is 0.351 e. The van der Waals surface area contributed by atoms with E-state index in [1.807, 2.05) is 56.3 Å². The maximum Gasteiger partial charge on any atom is 0.238 e. The molecule has 2 aromatic carbocycles. The number of amides is 2. The van der Waals surface area contributed by atoms with E-state index < -0.39 is 0 Å². The van der Waals surface area contributed by atoms with Crippen molar-refractivity contribution in [1.29, 1.82) is 0 Å². The summed E-state index contributed by atoms with van der Waals surface area (Å²) in [6.07, 6.45) is 0. The first-order valence-electron chi connectivity index (χ1n) is 10.2. The Balaban J connectivity index is 1.38. The molecule has 2 N–H and O–H groups in total. The summed E-state index contributed by atoms with van der Waals surface area (Å²) in [6.45, 7) is 8.18. The van der Waals surface area contributed by atoms with Gasteiger partial charge in [0.05, 0.1) is 13.1 Å². The van der Waals surface area contributed by atoms with E-state index in [2.05, 4.69) is 20.4 Å². The summed E-state index contributed by atoms with van der Waals surface area (Å²) >= 11 is 6.13. The van der Waals surface area contributed by atoms with Gasteiger partial charge in [0.2, 0.25) is 11.8 Å². The average Bonchev–Trinajstić information content (AvgIpc) is 2.72. The highest BCUT2D eigenvalue weighted by Gasteiger charge is 2.21. The maximum absolute atomic E-state index is 12.5. The molecule has 1 aliphatic rings. The summed E-state index contributed by atoms with van der Waals surface area (Å²) < 4.78 is 0. The Kier molecular flexibility index (Phi) is 7.85. The van der Waals surface area contributed by atoms with Crippen molar-refractivity contribution in [3.63, 3.8) is 0 Å². The Morgan fingerprint density at radius 2 is 1.43 bits per heavy atom.